The molecule has 6 saturated carbocycles. The molecule has 1 heterocycles. The SMILES string of the molecule is CC(C)(C1CCC(C(C)(O)C(F)(F)F)CC1)C(F)(F)F.CC1(C)COC(O)(C(F)(F)F)C1(F)F.CC1CC(C(C)(O)C(F)(F)F)CC(C(C)(O)C(F)(F)F)C1.CC1CCC(C(C)(O)C(F)(F)F)CC1.C[C@@H]1CC2CC1CC2CC(C)(O)C(F)(F)F.C[C@H]1CCCCC1C(C)(O)C(F)(F)F. The maximum Gasteiger partial charge on any atom is 0.449 e. The van der Waals surface area contributed by atoms with Crippen molar-refractivity contribution in [2.45, 2.75) is 314 Å². The Hall–Kier alpha value is -2.14. The minimum atomic E-state index is -5.51. The van der Waals surface area contributed by atoms with Crippen LogP contribution in [0.3, 0.4) is 0 Å². The first-order valence-corrected chi connectivity index (χ1v) is 33.1. The van der Waals surface area contributed by atoms with E-state index in [1.54, 1.807) is 6.92 Å². The molecule has 8 nitrogen and oxygen atoms in total. The van der Waals surface area contributed by atoms with Gasteiger partial charge in [0.05, 0.1) is 17.4 Å². The Labute approximate surface area is 561 Å². The van der Waals surface area contributed by atoms with Gasteiger partial charge in [-0.25, -0.2) is 0 Å². The van der Waals surface area contributed by atoms with Gasteiger partial charge in [-0.1, -0.05) is 87.5 Å². The molecule has 7 rings (SSSR count). The minimum Gasteiger partial charge on any atom is -0.381 e. The highest BCUT2D eigenvalue weighted by Gasteiger charge is 2.79. The summed E-state index contributed by atoms with van der Waals surface area (Å²) in [5, 5.41) is 66.2. The highest BCUT2D eigenvalue weighted by molar-refractivity contribution is 5.06. The van der Waals surface area contributed by atoms with Gasteiger partial charge in [0.15, 0.2) is 33.6 Å². The molecule has 0 aromatic rings. The molecule has 99 heavy (non-hydrogen) atoms. The van der Waals surface area contributed by atoms with Gasteiger partial charge in [-0.2, -0.15) is 114 Å². The summed E-state index contributed by atoms with van der Waals surface area (Å²) in [6.07, 6.45) is -30.2. The molecule has 13 unspecified atom stereocenters. The average molecular weight is 1510 g/mol. The zero-order valence-corrected chi connectivity index (χ0v) is 58.0. The number of aliphatic hydroxyl groups is 7. The number of hydrogen-bond donors (Lipinski definition) is 7. The van der Waals surface area contributed by atoms with E-state index in [1.165, 1.54) is 6.92 Å². The normalized spacial score (nSPS) is 34.6. The lowest BCUT2D eigenvalue weighted by atomic mass is 9.65. The molecule has 592 valence electrons. The van der Waals surface area contributed by atoms with Crippen LogP contribution in [0, 0.1) is 87.8 Å². The van der Waals surface area contributed by atoms with E-state index in [-0.39, 0.29) is 56.8 Å². The Kier molecular flexibility index (Phi) is 29.4. The Morgan fingerprint density at radius 2 is 0.717 bits per heavy atom. The van der Waals surface area contributed by atoms with E-state index < -0.39 is 160 Å². The summed E-state index contributed by atoms with van der Waals surface area (Å²) < 4.78 is 333. The molecule has 34 heteroatoms. The third kappa shape index (κ3) is 21.4. The van der Waals surface area contributed by atoms with Crippen molar-refractivity contribution >= 4 is 0 Å². The number of fused-ring (bicyclic) bond motifs is 2. The van der Waals surface area contributed by atoms with Crippen LogP contribution >= 0.6 is 0 Å². The molecular weight excluding hydrogens is 1400 g/mol. The smallest absolute Gasteiger partial charge is 0.381 e. The van der Waals surface area contributed by atoms with Crippen molar-refractivity contribution < 1.29 is 155 Å². The number of hydrogen-bond acceptors (Lipinski definition) is 8. The summed E-state index contributed by atoms with van der Waals surface area (Å²) in [4.78, 5) is 0. The van der Waals surface area contributed by atoms with Gasteiger partial charge < -0.3 is 40.5 Å². The van der Waals surface area contributed by atoms with Crippen molar-refractivity contribution in [3.63, 3.8) is 0 Å². The first-order chi connectivity index (χ1) is 43.5. The molecule has 0 radical (unpaired) electrons. The number of ether oxygens (including phenoxy) is 1. The highest BCUT2D eigenvalue weighted by atomic mass is 19.4. The summed E-state index contributed by atoms with van der Waals surface area (Å²) in [6.45, 7) is 15.2. The highest BCUT2D eigenvalue weighted by Crippen LogP contribution is 2.59. The maximum atomic E-state index is 13.2. The van der Waals surface area contributed by atoms with Crippen LogP contribution in [0.5, 0.6) is 0 Å². The predicted octanol–water partition coefficient (Wildman–Crippen LogP) is 19.9. The lowest BCUT2D eigenvalue weighted by Gasteiger charge is -2.46. The zero-order chi connectivity index (χ0) is 78.4. The molecule has 2 bridgehead atoms. The van der Waals surface area contributed by atoms with Gasteiger partial charge in [-0.15, -0.1) is 0 Å². The van der Waals surface area contributed by atoms with Crippen molar-refractivity contribution in [3.8, 4) is 0 Å². The Bertz CT molecular complexity index is 2400. The predicted molar refractivity (Wildman–Crippen MR) is 311 cm³/mol. The number of halogens is 26. The van der Waals surface area contributed by atoms with E-state index in [4.69, 9.17) is 5.11 Å². The second kappa shape index (κ2) is 31.4. The van der Waals surface area contributed by atoms with Crippen LogP contribution in [0.1, 0.15) is 219 Å². The summed E-state index contributed by atoms with van der Waals surface area (Å²) >= 11 is 0. The van der Waals surface area contributed by atoms with Gasteiger partial charge >= 0.3 is 61.1 Å². The largest absolute Gasteiger partial charge is 0.449 e. The fourth-order valence-electron chi connectivity index (χ4n) is 15.0. The van der Waals surface area contributed by atoms with Gasteiger partial charge in [0.25, 0.3) is 0 Å². The molecule has 0 aromatic heterocycles. The van der Waals surface area contributed by atoms with E-state index in [9.17, 15) is 145 Å². The Balaban J connectivity index is 0.000000407. The summed E-state index contributed by atoms with van der Waals surface area (Å²) in [6, 6.07) is 0. The van der Waals surface area contributed by atoms with Gasteiger partial charge in [-0.3, -0.25) is 0 Å². The van der Waals surface area contributed by atoms with Crippen molar-refractivity contribution in [3.05, 3.63) is 0 Å². The molecule has 0 aromatic carbocycles. The van der Waals surface area contributed by atoms with Crippen LogP contribution in [0.25, 0.3) is 0 Å². The molecule has 0 spiro atoms. The van der Waals surface area contributed by atoms with Crippen molar-refractivity contribution in [1.29, 1.82) is 0 Å². The van der Waals surface area contributed by atoms with Crippen LogP contribution in [0.2, 0.25) is 0 Å². The number of alkyl halides is 26. The molecule has 1 saturated heterocycles. The van der Waals surface area contributed by atoms with Crippen LogP contribution in [0.15, 0.2) is 0 Å². The van der Waals surface area contributed by atoms with Gasteiger partial charge in [0, 0.05) is 0 Å². The third-order valence-electron chi connectivity index (χ3n) is 23.2. The quantitative estimate of drug-likeness (QED) is 0.119. The fourth-order valence-corrected chi connectivity index (χ4v) is 15.0. The number of rotatable bonds is 8. The van der Waals surface area contributed by atoms with Crippen LogP contribution in [-0.2, 0) is 4.74 Å². The van der Waals surface area contributed by atoms with E-state index in [0.29, 0.717) is 63.7 Å². The molecule has 7 N–H and O–H groups in total. The van der Waals surface area contributed by atoms with Gasteiger partial charge in [0.1, 0.15) is 0 Å². The van der Waals surface area contributed by atoms with E-state index >= 15 is 0 Å². The molecule has 0 amide bonds. The molecule has 7 aliphatic rings. The molecule has 15 atom stereocenters. The zero-order valence-electron chi connectivity index (χ0n) is 58.0. The summed E-state index contributed by atoms with van der Waals surface area (Å²) in [5.74, 6) is -12.8. The first-order valence-electron chi connectivity index (χ1n) is 33.1. The maximum absolute atomic E-state index is 13.2. The average Bonchev–Trinajstić information content (AvgIpc) is 1.58. The summed E-state index contributed by atoms with van der Waals surface area (Å²) in [7, 11) is 0. The van der Waals surface area contributed by atoms with Gasteiger partial charge in [-0.05, 0) is 208 Å². The Morgan fingerprint density at radius 3 is 1.00 bits per heavy atom. The second-order valence-electron chi connectivity index (χ2n) is 31.9. The van der Waals surface area contributed by atoms with Gasteiger partial charge in [0.2, 0.25) is 0 Å². The van der Waals surface area contributed by atoms with Crippen molar-refractivity contribution in [1.82, 2.24) is 0 Å². The fraction of sp³-hybridized carbons (Fsp3) is 1.00. The molecule has 7 fully saturated rings. The van der Waals surface area contributed by atoms with Crippen LogP contribution < -0.4 is 0 Å². The molecular formula is C65H102F26O8. The standard InChI is InChI=1S/C13H20F6O2.C13H20F6O.C12H19F3O.2C10H17F3O.C7H9F5O2/c1-7-4-8(10(2,20)12(14,15)16)6-9(5-7)11(3,21)13(17,18)19;1-10(2,12(14,15)16)8-4-6-9(7-5-8)11(3,20)13(17,18)19;1-7-3-9-4-8(7)5-10(9)6-11(2,16)12(13,14)15;1-7-3-5-8(6-4-7)9(2,14)10(11,12)13;1-7-5-3-4-6-8(7)9(2,14)10(11,12)13;1-4(2)3-14-6(13,5(4,8)9)7(10,11)12/h7-9,20-21H,4-6H2,1-3H3;8-9,20H,4-7H2,1-3H3;7-10,16H,3-6H2,1-2H3;2*7-8,14H,3-6H2,1-2H3;13H,3H2,1-2H3/t;;7-,8?,9?,10?,11?;;7-,8?,9?;/m..1.0./s1. The Morgan fingerprint density at radius 1 is 0.364 bits per heavy atom. The van der Waals surface area contributed by atoms with Crippen molar-refractivity contribution in [2.75, 3.05) is 6.61 Å². The van der Waals surface area contributed by atoms with E-state index in [0.717, 1.165) is 99.8 Å². The van der Waals surface area contributed by atoms with E-state index in [1.807, 2.05) is 6.92 Å². The summed E-state index contributed by atoms with van der Waals surface area (Å²) in [5.41, 5.74) is -20.5. The lowest BCUT2D eigenvalue weighted by Crippen LogP contribution is -2.59. The molecule has 1 aliphatic heterocycles. The lowest BCUT2D eigenvalue weighted by molar-refractivity contribution is -0.407. The first kappa shape index (κ1) is 92.9. The van der Waals surface area contributed by atoms with Crippen LogP contribution in [-0.4, -0.2) is 137 Å². The monoisotopic (exact) mass is 1500 g/mol. The van der Waals surface area contributed by atoms with Crippen molar-refractivity contribution in [2.24, 2.45) is 87.8 Å². The second-order valence-corrected chi connectivity index (χ2v) is 31.9. The molecule has 6 aliphatic carbocycles. The topological polar surface area (TPSA) is 151 Å². The van der Waals surface area contributed by atoms with Crippen LogP contribution in [0.4, 0.5) is 114 Å². The minimum absolute atomic E-state index is 0.0308. The van der Waals surface area contributed by atoms with E-state index in [2.05, 4.69) is 11.7 Å². The third-order valence-corrected chi connectivity index (χ3v) is 23.2.